The molecule has 1 N–H and O–H groups in total. The van der Waals surface area contributed by atoms with Crippen molar-refractivity contribution in [2.45, 2.75) is 32.4 Å². The van der Waals surface area contributed by atoms with Gasteiger partial charge in [-0.05, 0) is 23.1 Å². The van der Waals surface area contributed by atoms with Gasteiger partial charge in [-0.3, -0.25) is 14.9 Å². The number of nitrogens with zero attached hydrogens (tertiary/aromatic N) is 2. The number of ether oxygens (including phenoxy) is 1. The summed E-state index contributed by atoms with van der Waals surface area (Å²) in [7, 11) is 1.50. The zero-order valence-electron chi connectivity index (χ0n) is 15.7. The monoisotopic (exact) mass is 386 g/mol. The van der Waals surface area contributed by atoms with Crippen LogP contribution in [0.25, 0.3) is 0 Å². The van der Waals surface area contributed by atoms with Gasteiger partial charge in [0.05, 0.1) is 10.8 Å². The fraction of sp³-hybridized carbons (Fsp3) is 0.300. The summed E-state index contributed by atoms with van der Waals surface area (Å²) in [6.45, 7) is 1.81. The van der Waals surface area contributed by atoms with Gasteiger partial charge in [-0.2, -0.15) is 0 Å². The van der Waals surface area contributed by atoms with Gasteiger partial charge in [-0.1, -0.05) is 43.3 Å². The summed E-state index contributed by atoms with van der Waals surface area (Å²) in [5.41, 5.74) is 1.52. The smallest absolute Gasteiger partial charge is 0.410 e. The molecule has 0 heterocycles. The Bertz CT molecular complexity index is 853. The van der Waals surface area contributed by atoms with E-state index in [1.165, 1.54) is 30.1 Å². The molecule has 8 nitrogen and oxygen atoms in total. The average molecular weight is 386 g/mol. The van der Waals surface area contributed by atoms with Crippen LogP contribution in [-0.4, -0.2) is 34.0 Å². The van der Waals surface area contributed by atoms with E-state index in [-0.39, 0.29) is 18.8 Å². The van der Waals surface area contributed by atoms with Gasteiger partial charge in [0.1, 0.15) is 6.61 Å². The predicted octanol–water partition coefficient (Wildman–Crippen LogP) is 3.94. The van der Waals surface area contributed by atoms with Crippen molar-refractivity contribution in [3.05, 3.63) is 75.3 Å². The molecule has 2 rings (SSSR count). The quantitative estimate of drug-likeness (QED) is 0.543. The van der Waals surface area contributed by atoms with Crippen LogP contribution < -0.4 is 0 Å². The van der Waals surface area contributed by atoms with Crippen LogP contribution in [0, 0.1) is 10.1 Å². The van der Waals surface area contributed by atoms with Gasteiger partial charge in [0.15, 0.2) is 0 Å². The van der Waals surface area contributed by atoms with E-state index >= 15 is 0 Å². The number of amides is 1. The minimum atomic E-state index is -1.02. The summed E-state index contributed by atoms with van der Waals surface area (Å²) in [4.78, 5) is 35.6. The largest absolute Gasteiger partial charge is 0.481 e. The van der Waals surface area contributed by atoms with Crippen molar-refractivity contribution in [3.8, 4) is 0 Å². The van der Waals surface area contributed by atoms with Gasteiger partial charge < -0.3 is 14.7 Å². The number of non-ortho nitro benzene ring substituents is 1. The second kappa shape index (κ2) is 9.50. The SMILES string of the molecule is CCC(C(=O)O)c1ccc([N+](=O)[O-])cc1CN(C)C(=O)OCc1ccccc1. The van der Waals surface area contributed by atoms with Gasteiger partial charge in [-0.25, -0.2) is 4.79 Å². The number of carbonyl (C=O) groups is 2. The fourth-order valence-electron chi connectivity index (χ4n) is 2.86. The molecule has 0 spiro atoms. The number of aliphatic carboxylic acids is 1. The highest BCUT2D eigenvalue weighted by molar-refractivity contribution is 5.77. The number of hydrogen-bond donors (Lipinski definition) is 1. The van der Waals surface area contributed by atoms with Crippen molar-refractivity contribution in [1.82, 2.24) is 4.90 Å². The second-order valence-corrected chi connectivity index (χ2v) is 6.34. The molecular formula is C20H22N2O6. The number of carboxylic acids is 1. The number of hydrogen-bond acceptors (Lipinski definition) is 5. The van der Waals surface area contributed by atoms with Crippen LogP contribution in [0.3, 0.4) is 0 Å². The zero-order valence-corrected chi connectivity index (χ0v) is 15.7. The Labute approximate surface area is 162 Å². The lowest BCUT2D eigenvalue weighted by Crippen LogP contribution is -2.28. The third-order valence-corrected chi connectivity index (χ3v) is 4.34. The molecule has 0 aliphatic rings. The molecule has 2 aromatic carbocycles. The molecule has 1 unspecified atom stereocenters. The molecular weight excluding hydrogens is 364 g/mol. The van der Waals surface area contributed by atoms with E-state index in [1.807, 2.05) is 30.3 Å². The summed E-state index contributed by atoms with van der Waals surface area (Å²) >= 11 is 0. The Kier molecular flexibility index (Phi) is 7.08. The summed E-state index contributed by atoms with van der Waals surface area (Å²) in [5.74, 6) is -1.84. The molecule has 1 amide bonds. The third kappa shape index (κ3) is 5.29. The zero-order chi connectivity index (χ0) is 20.7. The van der Waals surface area contributed by atoms with Crippen LogP contribution in [0.5, 0.6) is 0 Å². The summed E-state index contributed by atoms with van der Waals surface area (Å²) < 4.78 is 5.25. The summed E-state index contributed by atoms with van der Waals surface area (Å²) in [5, 5.41) is 20.5. The van der Waals surface area contributed by atoms with Gasteiger partial charge in [0.2, 0.25) is 0 Å². The first-order valence-corrected chi connectivity index (χ1v) is 8.75. The summed E-state index contributed by atoms with van der Waals surface area (Å²) in [6.07, 6.45) is -0.285. The van der Waals surface area contributed by atoms with E-state index in [9.17, 15) is 24.8 Å². The maximum atomic E-state index is 12.3. The Hall–Kier alpha value is -3.42. The van der Waals surface area contributed by atoms with E-state index in [0.717, 1.165) is 5.56 Å². The molecule has 8 heteroatoms. The molecule has 0 radical (unpaired) electrons. The number of carboxylic acid groups (broad SMARTS) is 1. The van der Waals surface area contributed by atoms with Crippen molar-refractivity contribution in [1.29, 1.82) is 0 Å². The second-order valence-electron chi connectivity index (χ2n) is 6.34. The molecule has 148 valence electrons. The maximum absolute atomic E-state index is 12.3. The van der Waals surface area contributed by atoms with Crippen LogP contribution in [0.1, 0.15) is 36.0 Å². The van der Waals surface area contributed by atoms with Crippen LogP contribution >= 0.6 is 0 Å². The van der Waals surface area contributed by atoms with E-state index < -0.39 is 22.9 Å². The van der Waals surface area contributed by atoms with Crippen molar-refractivity contribution < 1.29 is 24.4 Å². The Morgan fingerprint density at radius 2 is 1.89 bits per heavy atom. The fourth-order valence-corrected chi connectivity index (χ4v) is 2.86. The molecule has 0 aliphatic carbocycles. The molecule has 0 aromatic heterocycles. The minimum absolute atomic E-state index is 0.00554. The van der Waals surface area contributed by atoms with E-state index in [0.29, 0.717) is 17.5 Å². The molecule has 1 atom stereocenters. The van der Waals surface area contributed by atoms with Crippen LogP contribution in [0.15, 0.2) is 48.5 Å². The third-order valence-electron chi connectivity index (χ3n) is 4.34. The van der Waals surface area contributed by atoms with E-state index in [1.54, 1.807) is 6.92 Å². The number of nitro groups is 1. The topological polar surface area (TPSA) is 110 Å². The summed E-state index contributed by atoms with van der Waals surface area (Å²) in [6, 6.07) is 13.2. The van der Waals surface area contributed by atoms with Crippen molar-refractivity contribution in [2.75, 3.05) is 7.05 Å². The van der Waals surface area contributed by atoms with Crippen LogP contribution in [0.4, 0.5) is 10.5 Å². The van der Waals surface area contributed by atoms with Crippen molar-refractivity contribution in [2.24, 2.45) is 0 Å². The normalized spacial score (nSPS) is 11.5. The Morgan fingerprint density at radius 3 is 2.46 bits per heavy atom. The highest BCUT2D eigenvalue weighted by atomic mass is 16.6. The minimum Gasteiger partial charge on any atom is -0.481 e. The lowest BCUT2D eigenvalue weighted by Gasteiger charge is -2.21. The van der Waals surface area contributed by atoms with Crippen molar-refractivity contribution in [3.63, 3.8) is 0 Å². The highest BCUT2D eigenvalue weighted by Crippen LogP contribution is 2.28. The maximum Gasteiger partial charge on any atom is 0.410 e. The van der Waals surface area contributed by atoms with E-state index in [2.05, 4.69) is 0 Å². The predicted molar refractivity (Wildman–Crippen MR) is 102 cm³/mol. The first-order chi connectivity index (χ1) is 13.3. The molecule has 0 fully saturated rings. The lowest BCUT2D eigenvalue weighted by atomic mass is 9.91. The van der Waals surface area contributed by atoms with E-state index in [4.69, 9.17) is 4.74 Å². The molecule has 0 saturated carbocycles. The highest BCUT2D eigenvalue weighted by Gasteiger charge is 2.24. The average Bonchev–Trinajstić information content (AvgIpc) is 2.68. The van der Waals surface area contributed by atoms with Gasteiger partial charge in [0, 0.05) is 25.7 Å². The first kappa shape index (κ1) is 20.9. The number of nitro benzene ring substituents is 1. The van der Waals surface area contributed by atoms with Gasteiger partial charge >= 0.3 is 12.1 Å². The van der Waals surface area contributed by atoms with Crippen LogP contribution in [-0.2, 0) is 22.7 Å². The Morgan fingerprint density at radius 1 is 1.21 bits per heavy atom. The standard InChI is InChI=1S/C20H22N2O6/c1-3-17(19(23)24)18-10-9-16(22(26)27)11-15(18)12-21(2)20(25)28-13-14-7-5-4-6-8-14/h4-11,17H,3,12-13H2,1-2H3,(H,23,24). The molecule has 28 heavy (non-hydrogen) atoms. The molecule has 2 aromatic rings. The molecule has 0 saturated heterocycles. The molecule has 0 bridgehead atoms. The number of benzene rings is 2. The number of carbonyl (C=O) groups excluding carboxylic acids is 1. The number of rotatable bonds is 8. The first-order valence-electron chi connectivity index (χ1n) is 8.75. The van der Waals surface area contributed by atoms with Gasteiger partial charge in [-0.15, -0.1) is 0 Å². The Balaban J connectivity index is 2.19. The van der Waals surface area contributed by atoms with Gasteiger partial charge in [0.25, 0.3) is 5.69 Å². The molecule has 0 aliphatic heterocycles. The van der Waals surface area contributed by atoms with Crippen molar-refractivity contribution >= 4 is 17.7 Å². The van der Waals surface area contributed by atoms with Crippen LogP contribution in [0.2, 0.25) is 0 Å². The lowest BCUT2D eigenvalue weighted by molar-refractivity contribution is -0.384.